The summed E-state index contributed by atoms with van der Waals surface area (Å²) in [4.78, 5) is 18.2. The molecule has 1 aliphatic rings. The summed E-state index contributed by atoms with van der Waals surface area (Å²) in [5.74, 6) is -0.113. The van der Waals surface area contributed by atoms with E-state index in [0.717, 1.165) is 21.0 Å². The maximum atomic E-state index is 11.7. The highest BCUT2D eigenvalue weighted by Crippen LogP contribution is 2.40. The van der Waals surface area contributed by atoms with Gasteiger partial charge in [0, 0.05) is 39.2 Å². The van der Waals surface area contributed by atoms with Crippen molar-refractivity contribution < 1.29 is 4.79 Å². The quantitative estimate of drug-likeness (QED) is 0.740. The lowest BCUT2D eigenvalue weighted by molar-refractivity contribution is 0.0963. The Kier molecular flexibility index (Phi) is 3.51. The minimum atomic E-state index is -0.113. The summed E-state index contributed by atoms with van der Waals surface area (Å²) in [7, 11) is 1.61. The van der Waals surface area contributed by atoms with Crippen molar-refractivity contribution in [2.75, 3.05) is 7.05 Å². The summed E-state index contributed by atoms with van der Waals surface area (Å²) in [6.07, 6.45) is 1.80. The Bertz CT molecular complexity index is 728. The van der Waals surface area contributed by atoms with Gasteiger partial charge in [-0.15, -0.1) is 0 Å². The number of rotatable bonds is 1. The molecule has 0 atom stereocenters. The largest absolute Gasteiger partial charge is 0.355 e. The van der Waals surface area contributed by atoms with Gasteiger partial charge in [-0.3, -0.25) is 9.79 Å². The minimum Gasteiger partial charge on any atom is -0.355 e. The number of amides is 1. The molecule has 1 amide bonds. The number of carbonyl (C=O) groups is 1. The van der Waals surface area contributed by atoms with Gasteiger partial charge in [-0.2, -0.15) is 0 Å². The molecule has 0 saturated heterocycles. The summed E-state index contributed by atoms with van der Waals surface area (Å²) in [5, 5.41) is 3.32. The molecule has 0 aromatic heterocycles. The molecule has 3 rings (SSSR count). The standard InChI is InChI=1S/C15H11ClN2OS/c1-17-15(19)9-3-5-13-12(6-9)18-8-10-2-4-11(16)7-14(10)20-13/h2-8H,1H3,(H,17,19). The van der Waals surface area contributed by atoms with Crippen LogP contribution < -0.4 is 5.32 Å². The number of carbonyl (C=O) groups excluding carboxylic acids is 1. The molecule has 2 aromatic carbocycles. The SMILES string of the molecule is CNC(=O)c1ccc2c(c1)N=Cc1ccc(Cl)cc1S2. The predicted octanol–water partition coefficient (Wildman–Crippen LogP) is 3.91. The van der Waals surface area contributed by atoms with Crippen LogP contribution in [0.2, 0.25) is 5.02 Å². The maximum Gasteiger partial charge on any atom is 0.251 e. The molecule has 0 spiro atoms. The van der Waals surface area contributed by atoms with Crippen molar-refractivity contribution in [3.63, 3.8) is 0 Å². The molecule has 0 unspecified atom stereocenters. The number of nitrogens with zero attached hydrogens (tertiary/aromatic N) is 1. The second kappa shape index (κ2) is 5.31. The molecule has 1 N–H and O–H groups in total. The minimum absolute atomic E-state index is 0.113. The fourth-order valence-electron chi connectivity index (χ4n) is 1.95. The average Bonchev–Trinajstić information content (AvgIpc) is 2.64. The number of hydrogen-bond acceptors (Lipinski definition) is 3. The molecule has 0 radical (unpaired) electrons. The summed E-state index contributed by atoms with van der Waals surface area (Å²) in [5.41, 5.74) is 2.42. The van der Waals surface area contributed by atoms with Crippen molar-refractivity contribution >= 4 is 41.2 Å². The molecule has 3 nitrogen and oxygen atoms in total. The third-order valence-corrected chi connectivity index (χ3v) is 4.36. The second-order valence-electron chi connectivity index (χ2n) is 4.30. The van der Waals surface area contributed by atoms with Crippen molar-refractivity contribution in [2.24, 2.45) is 4.99 Å². The molecular weight excluding hydrogens is 292 g/mol. The molecule has 2 aromatic rings. The van der Waals surface area contributed by atoms with Crippen LogP contribution in [0.15, 0.2) is 51.2 Å². The fraction of sp³-hybridized carbons (Fsp3) is 0.0667. The van der Waals surface area contributed by atoms with E-state index in [2.05, 4.69) is 10.3 Å². The lowest BCUT2D eigenvalue weighted by Gasteiger charge is -2.06. The van der Waals surface area contributed by atoms with Crippen LogP contribution in [0.25, 0.3) is 0 Å². The van der Waals surface area contributed by atoms with Crippen molar-refractivity contribution in [1.82, 2.24) is 5.32 Å². The molecule has 0 fully saturated rings. The van der Waals surface area contributed by atoms with Crippen molar-refractivity contribution in [2.45, 2.75) is 9.79 Å². The number of hydrogen-bond donors (Lipinski definition) is 1. The topological polar surface area (TPSA) is 41.5 Å². The molecule has 1 aliphatic heterocycles. The van der Waals surface area contributed by atoms with Crippen LogP contribution >= 0.6 is 23.4 Å². The van der Waals surface area contributed by atoms with Crippen LogP contribution in [0.5, 0.6) is 0 Å². The summed E-state index contributed by atoms with van der Waals surface area (Å²) in [6, 6.07) is 11.2. The molecule has 0 bridgehead atoms. The van der Waals surface area contributed by atoms with E-state index in [1.54, 1.807) is 37.2 Å². The highest BCUT2D eigenvalue weighted by Gasteiger charge is 2.13. The molecule has 20 heavy (non-hydrogen) atoms. The summed E-state index contributed by atoms with van der Waals surface area (Å²) >= 11 is 7.64. The van der Waals surface area contributed by atoms with Gasteiger partial charge in [-0.05, 0) is 30.3 Å². The van der Waals surface area contributed by atoms with Gasteiger partial charge in [-0.1, -0.05) is 29.4 Å². The van der Waals surface area contributed by atoms with Gasteiger partial charge in [0.25, 0.3) is 5.91 Å². The second-order valence-corrected chi connectivity index (χ2v) is 5.82. The Morgan fingerprint density at radius 3 is 2.85 bits per heavy atom. The van der Waals surface area contributed by atoms with E-state index in [4.69, 9.17) is 11.6 Å². The van der Waals surface area contributed by atoms with Crippen molar-refractivity contribution in [1.29, 1.82) is 0 Å². The fourth-order valence-corrected chi connectivity index (χ4v) is 3.20. The Hall–Kier alpha value is -1.78. The van der Waals surface area contributed by atoms with E-state index in [1.807, 2.05) is 24.3 Å². The third-order valence-electron chi connectivity index (χ3n) is 2.99. The summed E-state index contributed by atoms with van der Waals surface area (Å²) in [6.45, 7) is 0. The number of halogens is 1. The van der Waals surface area contributed by atoms with Crippen LogP contribution in [-0.4, -0.2) is 19.2 Å². The van der Waals surface area contributed by atoms with Crippen molar-refractivity contribution in [3.05, 3.63) is 52.5 Å². The van der Waals surface area contributed by atoms with Gasteiger partial charge in [0.15, 0.2) is 0 Å². The highest BCUT2D eigenvalue weighted by molar-refractivity contribution is 7.99. The lowest BCUT2D eigenvalue weighted by Crippen LogP contribution is -2.17. The Labute approximate surface area is 126 Å². The number of nitrogens with one attached hydrogen (secondary N) is 1. The summed E-state index contributed by atoms with van der Waals surface area (Å²) < 4.78 is 0. The zero-order chi connectivity index (χ0) is 14.1. The normalized spacial score (nSPS) is 12.3. The molecule has 5 heteroatoms. The van der Waals surface area contributed by atoms with Gasteiger partial charge < -0.3 is 5.32 Å². The molecule has 1 heterocycles. The Balaban J connectivity index is 2.06. The Morgan fingerprint density at radius 2 is 2.05 bits per heavy atom. The zero-order valence-electron chi connectivity index (χ0n) is 10.7. The predicted molar refractivity (Wildman–Crippen MR) is 82.7 cm³/mol. The first kappa shape index (κ1) is 13.2. The average molecular weight is 303 g/mol. The van der Waals surface area contributed by atoms with E-state index in [9.17, 15) is 4.79 Å². The monoisotopic (exact) mass is 302 g/mol. The van der Waals surface area contributed by atoms with Crippen LogP contribution in [0.3, 0.4) is 0 Å². The van der Waals surface area contributed by atoms with Crippen LogP contribution in [0.1, 0.15) is 15.9 Å². The molecule has 0 saturated carbocycles. The van der Waals surface area contributed by atoms with Gasteiger partial charge in [0.1, 0.15) is 0 Å². The van der Waals surface area contributed by atoms with E-state index >= 15 is 0 Å². The van der Waals surface area contributed by atoms with Crippen molar-refractivity contribution in [3.8, 4) is 0 Å². The smallest absolute Gasteiger partial charge is 0.251 e. The van der Waals surface area contributed by atoms with E-state index in [-0.39, 0.29) is 5.91 Å². The van der Waals surface area contributed by atoms with Crippen LogP contribution in [-0.2, 0) is 0 Å². The first-order valence-corrected chi connectivity index (χ1v) is 7.24. The molecular formula is C15H11ClN2OS. The lowest BCUT2D eigenvalue weighted by atomic mass is 10.2. The third kappa shape index (κ3) is 2.44. The van der Waals surface area contributed by atoms with E-state index < -0.39 is 0 Å². The zero-order valence-corrected chi connectivity index (χ0v) is 12.3. The van der Waals surface area contributed by atoms with E-state index in [1.165, 1.54) is 0 Å². The van der Waals surface area contributed by atoms with Crippen LogP contribution in [0.4, 0.5) is 5.69 Å². The number of benzene rings is 2. The first-order valence-electron chi connectivity index (χ1n) is 6.05. The van der Waals surface area contributed by atoms with Crippen LogP contribution in [0, 0.1) is 0 Å². The first-order chi connectivity index (χ1) is 9.67. The van der Waals surface area contributed by atoms with E-state index in [0.29, 0.717) is 10.6 Å². The highest BCUT2D eigenvalue weighted by atomic mass is 35.5. The van der Waals surface area contributed by atoms with Gasteiger partial charge in [0.05, 0.1) is 5.69 Å². The molecule has 100 valence electrons. The molecule has 0 aliphatic carbocycles. The van der Waals surface area contributed by atoms with Gasteiger partial charge in [0.2, 0.25) is 0 Å². The Morgan fingerprint density at radius 1 is 1.20 bits per heavy atom. The van der Waals surface area contributed by atoms with Gasteiger partial charge in [-0.25, -0.2) is 0 Å². The maximum absolute atomic E-state index is 11.7. The number of fused-ring (bicyclic) bond motifs is 2. The number of aliphatic imine (C=N–C) groups is 1. The van der Waals surface area contributed by atoms with Gasteiger partial charge >= 0.3 is 0 Å².